The van der Waals surface area contributed by atoms with Crippen LogP contribution in [0.4, 0.5) is 0 Å². The molecule has 4 aromatic rings. The lowest BCUT2D eigenvalue weighted by Gasteiger charge is -2.18. The molecule has 1 aliphatic rings. The maximum absolute atomic E-state index is 12.9. The second-order valence-electron chi connectivity index (χ2n) is 7.04. The van der Waals surface area contributed by atoms with E-state index in [2.05, 4.69) is 45.5 Å². The fraction of sp³-hybridized carbons (Fsp3) is 0.0833. The maximum Gasteiger partial charge on any atom is 0.271 e. The maximum atomic E-state index is 12.9. The van der Waals surface area contributed by atoms with E-state index in [9.17, 15) is 4.79 Å². The first-order chi connectivity index (χ1) is 13.6. The van der Waals surface area contributed by atoms with E-state index < -0.39 is 0 Å². The first-order valence-electron chi connectivity index (χ1n) is 9.18. The largest absolute Gasteiger partial charge is 0.340 e. The van der Waals surface area contributed by atoms with Crippen LogP contribution in [0.1, 0.15) is 33.2 Å². The number of carbonyl (C=O) groups is 1. The van der Waals surface area contributed by atoms with E-state index in [1.54, 1.807) is 0 Å². The van der Waals surface area contributed by atoms with Crippen molar-refractivity contribution < 1.29 is 4.79 Å². The lowest BCUT2D eigenvalue weighted by atomic mass is 9.89. The monoisotopic (exact) mass is 428 g/mol. The standard InChI is InChI=1S/C24H17BrN2O/c1-14-6-5-9-18-19(15-7-3-2-4-8-15)20-22(16-10-12-17(25)13-11-16)27-24(28)23(20)26-21(14)18/h2-13,22H,1H3,(H,27,28). The van der Waals surface area contributed by atoms with Crippen LogP contribution in [0, 0.1) is 6.92 Å². The zero-order chi connectivity index (χ0) is 19.3. The predicted molar refractivity (Wildman–Crippen MR) is 115 cm³/mol. The highest BCUT2D eigenvalue weighted by molar-refractivity contribution is 9.10. The second-order valence-corrected chi connectivity index (χ2v) is 7.96. The number of halogens is 1. The number of aromatic nitrogens is 1. The molecule has 0 spiro atoms. The zero-order valence-electron chi connectivity index (χ0n) is 15.2. The minimum absolute atomic E-state index is 0.120. The normalized spacial score (nSPS) is 15.5. The van der Waals surface area contributed by atoms with Gasteiger partial charge in [0.15, 0.2) is 0 Å². The summed E-state index contributed by atoms with van der Waals surface area (Å²) in [6, 6.07) is 24.3. The Kier molecular flexibility index (Phi) is 4.02. The summed E-state index contributed by atoms with van der Waals surface area (Å²) >= 11 is 3.49. The molecule has 1 atom stereocenters. The molecule has 28 heavy (non-hydrogen) atoms. The van der Waals surface area contributed by atoms with E-state index in [1.165, 1.54) is 0 Å². The molecule has 0 aliphatic carbocycles. The van der Waals surface area contributed by atoms with Crippen LogP contribution in [0.3, 0.4) is 0 Å². The van der Waals surface area contributed by atoms with Crippen molar-refractivity contribution in [2.24, 2.45) is 0 Å². The van der Waals surface area contributed by atoms with Gasteiger partial charge in [-0.1, -0.05) is 76.6 Å². The van der Waals surface area contributed by atoms with Crippen molar-refractivity contribution in [2.45, 2.75) is 13.0 Å². The highest BCUT2D eigenvalue weighted by atomic mass is 79.9. The molecule has 1 aliphatic heterocycles. The number of carbonyl (C=O) groups excluding carboxylic acids is 1. The second kappa shape index (κ2) is 6.57. The number of hydrogen-bond acceptors (Lipinski definition) is 2. The predicted octanol–water partition coefficient (Wildman–Crippen LogP) is 5.81. The van der Waals surface area contributed by atoms with E-state index in [0.29, 0.717) is 5.69 Å². The first kappa shape index (κ1) is 17.1. The summed E-state index contributed by atoms with van der Waals surface area (Å²) in [4.78, 5) is 17.7. The molecule has 1 amide bonds. The number of nitrogens with one attached hydrogen (secondary N) is 1. The van der Waals surface area contributed by atoms with Gasteiger partial charge in [0.05, 0.1) is 11.6 Å². The van der Waals surface area contributed by atoms with Gasteiger partial charge in [-0.15, -0.1) is 0 Å². The van der Waals surface area contributed by atoms with Gasteiger partial charge in [-0.3, -0.25) is 4.79 Å². The molecule has 1 N–H and O–H groups in total. The molecule has 3 nitrogen and oxygen atoms in total. The zero-order valence-corrected chi connectivity index (χ0v) is 16.8. The topological polar surface area (TPSA) is 42.0 Å². The van der Waals surface area contributed by atoms with Gasteiger partial charge in [0.25, 0.3) is 5.91 Å². The molecule has 0 radical (unpaired) electrons. The number of para-hydroxylation sites is 1. The number of pyridine rings is 1. The molecular formula is C24H17BrN2O. The smallest absolute Gasteiger partial charge is 0.271 e. The number of rotatable bonds is 2. The van der Waals surface area contributed by atoms with Gasteiger partial charge in [-0.25, -0.2) is 4.98 Å². The van der Waals surface area contributed by atoms with Crippen LogP contribution in [0.5, 0.6) is 0 Å². The number of aryl methyl sites for hydroxylation is 1. The summed E-state index contributed by atoms with van der Waals surface area (Å²) in [5.74, 6) is -0.120. The molecule has 136 valence electrons. The van der Waals surface area contributed by atoms with Crippen molar-refractivity contribution in [3.8, 4) is 11.1 Å². The van der Waals surface area contributed by atoms with Crippen LogP contribution in [0.25, 0.3) is 22.0 Å². The van der Waals surface area contributed by atoms with Gasteiger partial charge in [0.1, 0.15) is 5.69 Å². The number of hydrogen-bond donors (Lipinski definition) is 1. The van der Waals surface area contributed by atoms with Gasteiger partial charge in [-0.05, 0) is 41.3 Å². The van der Waals surface area contributed by atoms with E-state index in [4.69, 9.17) is 4.98 Å². The summed E-state index contributed by atoms with van der Waals surface area (Å²) in [6.45, 7) is 2.04. The third-order valence-electron chi connectivity index (χ3n) is 5.30. The van der Waals surface area contributed by atoms with E-state index in [1.807, 2.05) is 55.5 Å². The average molecular weight is 429 g/mol. The Morgan fingerprint density at radius 2 is 1.68 bits per heavy atom. The van der Waals surface area contributed by atoms with Gasteiger partial charge < -0.3 is 5.32 Å². The van der Waals surface area contributed by atoms with Crippen molar-refractivity contribution in [2.75, 3.05) is 0 Å². The first-order valence-corrected chi connectivity index (χ1v) is 9.98. The molecule has 0 fully saturated rings. The Morgan fingerprint density at radius 1 is 0.929 bits per heavy atom. The van der Waals surface area contributed by atoms with E-state index in [-0.39, 0.29) is 11.9 Å². The molecule has 1 unspecified atom stereocenters. The third-order valence-corrected chi connectivity index (χ3v) is 5.83. The molecule has 4 heteroatoms. The Morgan fingerprint density at radius 3 is 2.43 bits per heavy atom. The Hall–Kier alpha value is -2.98. The van der Waals surface area contributed by atoms with Gasteiger partial charge in [-0.2, -0.15) is 0 Å². The van der Waals surface area contributed by atoms with E-state index >= 15 is 0 Å². The molecule has 0 saturated heterocycles. The van der Waals surface area contributed by atoms with Crippen LogP contribution in [0.15, 0.2) is 77.3 Å². The van der Waals surface area contributed by atoms with E-state index in [0.717, 1.165) is 43.2 Å². The molecule has 3 aromatic carbocycles. The molecule has 5 rings (SSSR count). The van der Waals surface area contributed by atoms with Crippen molar-refractivity contribution in [3.05, 3.63) is 99.7 Å². The van der Waals surface area contributed by atoms with Crippen LogP contribution in [0.2, 0.25) is 0 Å². The highest BCUT2D eigenvalue weighted by Gasteiger charge is 2.35. The molecule has 0 bridgehead atoms. The Balaban J connectivity index is 1.88. The Labute approximate surface area is 171 Å². The van der Waals surface area contributed by atoms with Crippen molar-refractivity contribution >= 4 is 32.7 Å². The quantitative estimate of drug-likeness (QED) is 0.437. The van der Waals surface area contributed by atoms with Crippen molar-refractivity contribution in [1.82, 2.24) is 10.3 Å². The van der Waals surface area contributed by atoms with Gasteiger partial charge in [0.2, 0.25) is 0 Å². The molecule has 1 aromatic heterocycles. The highest BCUT2D eigenvalue weighted by Crippen LogP contribution is 2.42. The fourth-order valence-electron chi connectivity index (χ4n) is 3.99. The molecule has 2 heterocycles. The fourth-order valence-corrected chi connectivity index (χ4v) is 4.26. The van der Waals surface area contributed by atoms with Gasteiger partial charge >= 0.3 is 0 Å². The SMILES string of the molecule is Cc1cccc2c(-c3ccccc3)c3c(nc12)C(=O)NC3c1ccc(Br)cc1. The van der Waals surface area contributed by atoms with Crippen LogP contribution >= 0.6 is 15.9 Å². The lowest BCUT2D eigenvalue weighted by molar-refractivity contribution is 0.0956. The minimum atomic E-state index is -0.219. The summed E-state index contributed by atoms with van der Waals surface area (Å²) in [6.07, 6.45) is 0. The Bertz CT molecular complexity index is 1220. The third kappa shape index (κ3) is 2.64. The minimum Gasteiger partial charge on any atom is -0.340 e. The number of benzene rings is 3. The summed E-state index contributed by atoms with van der Waals surface area (Å²) < 4.78 is 1.01. The van der Waals surface area contributed by atoms with Crippen molar-refractivity contribution in [3.63, 3.8) is 0 Å². The van der Waals surface area contributed by atoms with Crippen molar-refractivity contribution in [1.29, 1.82) is 0 Å². The summed E-state index contributed by atoms with van der Waals surface area (Å²) in [7, 11) is 0. The van der Waals surface area contributed by atoms with Gasteiger partial charge in [0, 0.05) is 15.4 Å². The number of amides is 1. The molecule has 0 saturated carbocycles. The number of nitrogens with zero attached hydrogens (tertiary/aromatic N) is 1. The summed E-state index contributed by atoms with van der Waals surface area (Å²) in [5, 5.41) is 4.22. The molecular weight excluding hydrogens is 412 g/mol. The average Bonchev–Trinajstić information content (AvgIpc) is 3.04. The van der Waals surface area contributed by atoms with Crippen LogP contribution in [-0.4, -0.2) is 10.9 Å². The number of fused-ring (bicyclic) bond motifs is 2. The lowest BCUT2D eigenvalue weighted by Crippen LogP contribution is -2.20. The summed E-state index contributed by atoms with van der Waals surface area (Å²) in [5.41, 5.74) is 6.64. The van der Waals surface area contributed by atoms with Crippen LogP contribution in [-0.2, 0) is 0 Å². The van der Waals surface area contributed by atoms with Crippen LogP contribution < -0.4 is 5.32 Å².